The Labute approximate surface area is 162 Å². The van der Waals surface area contributed by atoms with Crippen LogP contribution in [0.5, 0.6) is 5.75 Å². The molecule has 1 spiro atoms. The molecule has 4 aliphatic carbocycles. The minimum absolute atomic E-state index is 0.0408. The van der Waals surface area contributed by atoms with Crippen molar-refractivity contribution in [1.82, 2.24) is 0 Å². The van der Waals surface area contributed by atoms with Crippen molar-refractivity contribution in [2.45, 2.75) is 43.5 Å². The molecule has 0 aromatic heterocycles. The van der Waals surface area contributed by atoms with E-state index < -0.39 is 19.6 Å². The van der Waals surface area contributed by atoms with Crippen LogP contribution in [0.4, 0.5) is 0 Å². The third-order valence-electron chi connectivity index (χ3n) is 6.98. The quantitative estimate of drug-likeness (QED) is 0.510. The van der Waals surface area contributed by atoms with Crippen molar-refractivity contribution >= 4 is 19.8 Å². The molecule has 1 aromatic rings. The minimum atomic E-state index is -4.49. The Morgan fingerprint density at radius 2 is 1.67 bits per heavy atom. The highest BCUT2D eigenvalue weighted by molar-refractivity contribution is 7.53. The van der Waals surface area contributed by atoms with Crippen LogP contribution in [0.1, 0.15) is 37.7 Å². The molecule has 0 radical (unpaired) electrons. The summed E-state index contributed by atoms with van der Waals surface area (Å²) in [5.41, 5.74) is 0.0565. The molecule has 148 valence electrons. The van der Waals surface area contributed by atoms with E-state index in [0.29, 0.717) is 17.4 Å². The van der Waals surface area contributed by atoms with Crippen molar-refractivity contribution in [3.63, 3.8) is 0 Å². The topological polar surface area (TPSA) is 97.6 Å². The molecule has 27 heavy (non-hydrogen) atoms. The SMILES string of the molecule is COC1(c2ccc(Cl)c(O[P+](O)(O)O)c2)OOC12C1CC3CC(C1)CC2C3. The van der Waals surface area contributed by atoms with Gasteiger partial charge in [0, 0.05) is 12.7 Å². The molecular weight excluding hydrogens is 395 g/mol. The highest BCUT2D eigenvalue weighted by atomic mass is 35.5. The van der Waals surface area contributed by atoms with Crippen LogP contribution in [0, 0.1) is 23.7 Å². The number of hydrogen-bond donors (Lipinski definition) is 3. The van der Waals surface area contributed by atoms with Gasteiger partial charge in [-0.25, -0.2) is 4.89 Å². The molecule has 5 fully saturated rings. The lowest BCUT2D eigenvalue weighted by atomic mass is 9.47. The molecule has 3 N–H and O–H groups in total. The number of benzene rings is 1. The van der Waals surface area contributed by atoms with E-state index in [1.807, 2.05) is 0 Å². The van der Waals surface area contributed by atoms with E-state index in [1.54, 1.807) is 19.2 Å². The van der Waals surface area contributed by atoms with Gasteiger partial charge in [0.15, 0.2) is 5.60 Å². The zero-order valence-corrected chi connectivity index (χ0v) is 16.5. The standard InChI is InChI=1S/C18H23ClO7P/c1-23-18(12-2-3-15(19)16(9-12)24-27(20,21)22)17(25-26-18)13-5-10-4-11(7-13)8-14(17)6-10/h2-3,9-11,13-14,20-22H,4-8H2,1H3/q+1. The first-order valence-electron chi connectivity index (χ1n) is 9.26. The fourth-order valence-electron chi connectivity index (χ4n) is 6.27. The Balaban J connectivity index is 1.56. The molecule has 1 saturated heterocycles. The maximum Gasteiger partial charge on any atom is 0.613 e. The predicted octanol–water partition coefficient (Wildman–Crippen LogP) is 3.33. The van der Waals surface area contributed by atoms with E-state index in [-0.39, 0.29) is 10.8 Å². The van der Waals surface area contributed by atoms with E-state index in [4.69, 9.17) is 30.6 Å². The van der Waals surface area contributed by atoms with Gasteiger partial charge in [-0.3, -0.25) is 4.52 Å². The van der Waals surface area contributed by atoms with Crippen LogP contribution in [0.25, 0.3) is 0 Å². The summed E-state index contributed by atoms with van der Waals surface area (Å²) in [7, 11) is -2.91. The number of methoxy groups -OCH3 is 1. The van der Waals surface area contributed by atoms with Crippen molar-refractivity contribution in [3.8, 4) is 5.75 Å². The van der Waals surface area contributed by atoms with E-state index >= 15 is 0 Å². The molecule has 1 unspecified atom stereocenters. The summed E-state index contributed by atoms with van der Waals surface area (Å²) < 4.78 is 10.8. The first kappa shape index (κ1) is 18.5. The molecule has 1 aromatic carbocycles. The molecule has 4 bridgehead atoms. The highest BCUT2D eigenvalue weighted by Crippen LogP contribution is 2.69. The number of halogens is 1. The van der Waals surface area contributed by atoms with Crippen molar-refractivity contribution in [3.05, 3.63) is 28.8 Å². The van der Waals surface area contributed by atoms with Crippen molar-refractivity contribution in [2.24, 2.45) is 23.7 Å². The molecule has 6 rings (SSSR count). The normalized spacial score (nSPS) is 42.4. The van der Waals surface area contributed by atoms with Crippen molar-refractivity contribution < 1.29 is 33.7 Å². The Morgan fingerprint density at radius 1 is 1.04 bits per heavy atom. The van der Waals surface area contributed by atoms with Gasteiger partial charge in [-0.1, -0.05) is 17.7 Å². The lowest BCUT2D eigenvalue weighted by molar-refractivity contribution is -0.645. The Hall–Kier alpha value is -0.500. The average Bonchev–Trinajstić information content (AvgIpc) is 2.56. The van der Waals surface area contributed by atoms with Gasteiger partial charge in [-0.2, -0.15) is 19.6 Å². The maximum atomic E-state index is 9.28. The third-order valence-corrected chi connectivity index (χ3v) is 7.74. The van der Waals surface area contributed by atoms with Gasteiger partial charge in [-0.05, 0) is 67.9 Å². The molecule has 1 aliphatic heterocycles. The summed E-state index contributed by atoms with van der Waals surface area (Å²) in [6, 6.07) is 4.85. The first-order chi connectivity index (χ1) is 12.8. The molecule has 1 heterocycles. The molecule has 1 atom stereocenters. The van der Waals surface area contributed by atoms with Crippen molar-refractivity contribution in [1.29, 1.82) is 0 Å². The van der Waals surface area contributed by atoms with Crippen LogP contribution < -0.4 is 4.52 Å². The number of ether oxygens (including phenoxy) is 1. The lowest BCUT2D eigenvalue weighted by Gasteiger charge is -2.68. The summed E-state index contributed by atoms with van der Waals surface area (Å²) in [5.74, 6) is 1.06. The van der Waals surface area contributed by atoms with Gasteiger partial charge in [0.25, 0.3) is 5.79 Å². The Morgan fingerprint density at radius 3 is 2.15 bits per heavy atom. The van der Waals surface area contributed by atoms with Gasteiger partial charge < -0.3 is 4.74 Å². The van der Waals surface area contributed by atoms with Crippen LogP contribution in [0.3, 0.4) is 0 Å². The molecule has 7 nitrogen and oxygen atoms in total. The average molecular weight is 418 g/mol. The van der Waals surface area contributed by atoms with E-state index in [0.717, 1.165) is 37.5 Å². The Kier molecular flexibility index (Phi) is 4.12. The molecule has 5 aliphatic rings. The summed E-state index contributed by atoms with van der Waals surface area (Å²) in [6.45, 7) is 0. The van der Waals surface area contributed by atoms with Crippen molar-refractivity contribution in [2.75, 3.05) is 7.11 Å². The van der Waals surface area contributed by atoms with Gasteiger partial charge in [0.05, 0.1) is 5.02 Å². The second-order valence-corrected chi connectivity index (χ2v) is 9.95. The third kappa shape index (κ3) is 2.54. The lowest BCUT2D eigenvalue weighted by Crippen LogP contribution is -2.76. The second kappa shape index (κ2) is 6.00. The van der Waals surface area contributed by atoms with Gasteiger partial charge in [-0.15, -0.1) is 0 Å². The summed E-state index contributed by atoms with van der Waals surface area (Å²) in [6.07, 6.45) is 5.75. The zero-order valence-electron chi connectivity index (χ0n) is 14.9. The summed E-state index contributed by atoms with van der Waals surface area (Å²) >= 11 is 6.10. The van der Waals surface area contributed by atoms with Crippen LogP contribution in [0.2, 0.25) is 5.02 Å². The van der Waals surface area contributed by atoms with Gasteiger partial charge in [0.1, 0.15) is 0 Å². The zero-order chi connectivity index (χ0) is 19.0. The fourth-order valence-corrected chi connectivity index (χ4v) is 6.89. The van der Waals surface area contributed by atoms with E-state index in [9.17, 15) is 14.7 Å². The van der Waals surface area contributed by atoms with Gasteiger partial charge in [0.2, 0.25) is 5.75 Å². The fraction of sp³-hybridized carbons (Fsp3) is 0.667. The highest BCUT2D eigenvalue weighted by Gasteiger charge is 2.76. The second-order valence-electron chi connectivity index (χ2n) is 8.33. The van der Waals surface area contributed by atoms with Crippen LogP contribution >= 0.6 is 19.8 Å². The summed E-state index contributed by atoms with van der Waals surface area (Å²) in [5, 5.41) is 0.144. The first-order valence-corrected chi connectivity index (χ1v) is 11.2. The molecule has 4 saturated carbocycles. The van der Waals surface area contributed by atoms with Crippen LogP contribution in [0.15, 0.2) is 18.2 Å². The van der Waals surface area contributed by atoms with Gasteiger partial charge >= 0.3 is 8.17 Å². The minimum Gasteiger partial charge on any atom is -0.345 e. The number of rotatable bonds is 4. The molecule has 9 heteroatoms. The molecular formula is C18H23ClO7P+. The van der Waals surface area contributed by atoms with E-state index in [1.165, 1.54) is 12.5 Å². The maximum absolute atomic E-state index is 9.28. The smallest absolute Gasteiger partial charge is 0.345 e. The number of hydrogen-bond acceptors (Lipinski definition) is 7. The monoisotopic (exact) mass is 417 g/mol. The van der Waals surface area contributed by atoms with Crippen LogP contribution in [-0.4, -0.2) is 27.4 Å². The van der Waals surface area contributed by atoms with Crippen LogP contribution in [-0.2, 0) is 20.3 Å². The Bertz CT molecular complexity index is 735. The molecule has 0 amide bonds. The predicted molar refractivity (Wildman–Crippen MR) is 96.3 cm³/mol. The summed E-state index contributed by atoms with van der Waals surface area (Å²) in [4.78, 5) is 39.4. The van der Waals surface area contributed by atoms with E-state index in [2.05, 4.69) is 0 Å². The largest absolute Gasteiger partial charge is 0.613 e.